The van der Waals surface area contributed by atoms with Crippen molar-refractivity contribution in [2.75, 3.05) is 5.32 Å². The molecule has 0 saturated heterocycles. The highest BCUT2D eigenvalue weighted by Gasteiger charge is 2.12. The Labute approximate surface area is 134 Å². The average molecular weight is 335 g/mol. The number of benzene rings is 1. The molecular formula is C15H11F2N3O2S. The van der Waals surface area contributed by atoms with Crippen LogP contribution in [0.2, 0.25) is 0 Å². The third kappa shape index (κ3) is 3.78. The van der Waals surface area contributed by atoms with Crippen LogP contribution in [-0.2, 0) is 11.2 Å². The van der Waals surface area contributed by atoms with E-state index in [0.29, 0.717) is 11.8 Å². The fourth-order valence-corrected chi connectivity index (χ4v) is 2.51. The molecule has 8 heteroatoms. The van der Waals surface area contributed by atoms with E-state index in [1.54, 1.807) is 0 Å². The smallest absolute Gasteiger partial charge is 0.248 e. The Balaban J connectivity index is 1.58. The molecule has 23 heavy (non-hydrogen) atoms. The van der Waals surface area contributed by atoms with E-state index in [-0.39, 0.29) is 18.5 Å². The number of thiophene rings is 1. The number of rotatable bonds is 5. The lowest BCUT2D eigenvalue weighted by Crippen LogP contribution is -2.13. The minimum atomic E-state index is -0.697. The molecule has 118 valence electrons. The number of carbonyl (C=O) groups excluding carboxylic acids is 1. The van der Waals surface area contributed by atoms with Crippen molar-refractivity contribution >= 4 is 22.9 Å². The van der Waals surface area contributed by atoms with Crippen molar-refractivity contribution < 1.29 is 18.0 Å². The predicted octanol–water partition coefficient (Wildman–Crippen LogP) is 3.65. The summed E-state index contributed by atoms with van der Waals surface area (Å²) in [7, 11) is 0. The second kappa shape index (κ2) is 6.66. The van der Waals surface area contributed by atoms with E-state index in [4.69, 9.17) is 4.42 Å². The normalized spacial score (nSPS) is 10.7. The van der Waals surface area contributed by atoms with E-state index < -0.39 is 17.5 Å². The summed E-state index contributed by atoms with van der Waals surface area (Å²) >= 11 is 1.51. The van der Waals surface area contributed by atoms with E-state index in [1.165, 1.54) is 11.3 Å². The molecule has 0 unspecified atom stereocenters. The Bertz CT molecular complexity index is 818. The standard InChI is InChI=1S/C15H11F2N3O2S/c16-10-1-2-11(17)12(7-10)18-13(21)3-4-14-19-20-15(22-14)9-5-6-23-8-9/h1-2,5-8H,3-4H2,(H,18,21). The van der Waals surface area contributed by atoms with Crippen LogP contribution in [0.5, 0.6) is 0 Å². The number of aromatic nitrogens is 2. The number of amides is 1. The number of hydrogen-bond acceptors (Lipinski definition) is 5. The molecular weight excluding hydrogens is 324 g/mol. The van der Waals surface area contributed by atoms with Crippen molar-refractivity contribution in [1.29, 1.82) is 0 Å². The third-order valence-corrected chi connectivity index (χ3v) is 3.69. The maximum absolute atomic E-state index is 13.4. The van der Waals surface area contributed by atoms with Crippen LogP contribution in [0.1, 0.15) is 12.3 Å². The Kier molecular flexibility index (Phi) is 4.42. The molecule has 0 saturated carbocycles. The zero-order valence-corrected chi connectivity index (χ0v) is 12.6. The predicted molar refractivity (Wildman–Crippen MR) is 80.9 cm³/mol. The van der Waals surface area contributed by atoms with Gasteiger partial charge in [-0.15, -0.1) is 10.2 Å². The van der Waals surface area contributed by atoms with Gasteiger partial charge in [0.1, 0.15) is 11.6 Å². The first-order valence-electron chi connectivity index (χ1n) is 6.71. The third-order valence-electron chi connectivity index (χ3n) is 3.00. The summed E-state index contributed by atoms with van der Waals surface area (Å²) in [5, 5.41) is 13.8. The molecule has 5 nitrogen and oxygen atoms in total. The van der Waals surface area contributed by atoms with Gasteiger partial charge in [0.05, 0.1) is 5.69 Å². The lowest BCUT2D eigenvalue weighted by atomic mass is 10.2. The number of carbonyl (C=O) groups is 1. The van der Waals surface area contributed by atoms with Gasteiger partial charge in [-0.05, 0) is 23.6 Å². The van der Waals surface area contributed by atoms with Gasteiger partial charge in [-0.2, -0.15) is 11.3 Å². The van der Waals surface area contributed by atoms with E-state index in [2.05, 4.69) is 15.5 Å². The summed E-state index contributed by atoms with van der Waals surface area (Å²) in [4.78, 5) is 11.8. The highest BCUT2D eigenvalue weighted by molar-refractivity contribution is 7.08. The summed E-state index contributed by atoms with van der Waals surface area (Å²) in [5.74, 6) is -1.10. The number of anilines is 1. The van der Waals surface area contributed by atoms with Gasteiger partial charge in [-0.3, -0.25) is 4.79 Å². The fraction of sp³-hybridized carbons (Fsp3) is 0.133. The highest BCUT2D eigenvalue weighted by atomic mass is 32.1. The SMILES string of the molecule is O=C(CCc1nnc(-c2ccsc2)o1)Nc1cc(F)ccc1F. The molecule has 1 N–H and O–H groups in total. The second-order valence-corrected chi connectivity index (χ2v) is 5.47. The van der Waals surface area contributed by atoms with Crippen LogP contribution in [0.25, 0.3) is 11.5 Å². The largest absolute Gasteiger partial charge is 0.421 e. The first-order valence-corrected chi connectivity index (χ1v) is 7.66. The van der Waals surface area contributed by atoms with Crippen LogP contribution in [0, 0.1) is 11.6 Å². The highest BCUT2D eigenvalue weighted by Crippen LogP contribution is 2.21. The van der Waals surface area contributed by atoms with Crippen molar-refractivity contribution in [1.82, 2.24) is 10.2 Å². The molecule has 0 aliphatic carbocycles. The van der Waals surface area contributed by atoms with Gasteiger partial charge in [0.2, 0.25) is 17.7 Å². The molecule has 0 fully saturated rings. The lowest BCUT2D eigenvalue weighted by molar-refractivity contribution is -0.116. The molecule has 0 atom stereocenters. The minimum Gasteiger partial charge on any atom is -0.421 e. The number of nitrogens with one attached hydrogen (secondary N) is 1. The summed E-state index contributed by atoms with van der Waals surface area (Å²) in [5.41, 5.74) is 0.625. The molecule has 2 heterocycles. The van der Waals surface area contributed by atoms with Crippen LogP contribution < -0.4 is 5.32 Å². The van der Waals surface area contributed by atoms with Crippen LogP contribution in [0.3, 0.4) is 0 Å². The van der Waals surface area contributed by atoms with Gasteiger partial charge in [0, 0.05) is 29.9 Å². The Hall–Kier alpha value is -2.61. The molecule has 1 aromatic carbocycles. The fourth-order valence-electron chi connectivity index (χ4n) is 1.88. The van der Waals surface area contributed by atoms with E-state index >= 15 is 0 Å². The van der Waals surface area contributed by atoms with Gasteiger partial charge >= 0.3 is 0 Å². The van der Waals surface area contributed by atoms with Crippen LogP contribution >= 0.6 is 11.3 Å². The Morgan fingerprint density at radius 1 is 1.26 bits per heavy atom. The molecule has 0 aliphatic heterocycles. The van der Waals surface area contributed by atoms with Gasteiger partial charge in [0.15, 0.2) is 0 Å². The molecule has 0 bridgehead atoms. The van der Waals surface area contributed by atoms with E-state index in [0.717, 1.165) is 23.8 Å². The Morgan fingerprint density at radius 3 is 2.91 bits per heavy atom. The van der Waals surface area contributed by atoms with Gasteiger partial charge in [-0.1, -0.05) is 0 Å². The number of halogens is 2. The van der Waals surface area contributed by atoms with E-state index in [1.807, 2.05) is 16.8 Å². The molecule has 3 aromatic rings. The number of aryl methyl sites for hydroxylation is 1. The molecule has 0 aliphatic rings. The molecule has 2 aromatic heterocycles. The van der Waals surface area contributed by atoms with Gasteiger partial charge < -0.3 is 9.73 Å². The molecule has 3 rings (SSSR count). The van der Waals surface area contributed by atoms with Crippen LogP contribution in [0.4, 0.5) is 14.5 Å². The van der Waals surface area contributed by atoms with Crippen LogP contribution in [-0.4, -0.2) is 16.1 Å². The zero-order valence-electron chi connectivity index (χ0n) is 11.8. The quantitative estimate of drug-likeness (QED) is 0.773. The van der Waals surface area contributed by atoms with Crippen molar-refractivity contribution in [3.05, 3.63) is 52.6 Å². The summed E-state index contributed by atoms with van der Waals surface area (Å²) in [6.45, 7) is 0. The minimum absolute atomic E-state index is 0.0151. The van der Waals surface area contributed by atoms with Crippen molar-refractivity contribution in [3.8, 4) is 11.5 Å². The number of nitrogens with zero attached hydrogens (tertiary/aromatic N) is 2. The van der Waals surface area contributed by atoms with E-state index in [9.17, 15) is 13.6 Å². The van der Waals surface area contributed by atoms with Crippen molar-refractivity contribution in [2.24, 2.45) is 0 Å². The summed E-state index contributed by atoms with van der Waals surface area (Å²) < 4.78 is 31.9. The summed E-state index contributed by atoms with van der Waals surface area (Å²) in [6, 6.07) is 4.71. The lowest BCUT2D eigenvalue weighted by Gasteiger charge is -2.05. The Morgan fingerprint density at radius 2 is 2.13 bits per heavy atom. The summed E-state index contributed by atoms with van der Waals surface area (Å²) in [6.07, 6.45) is 0.223. The first kappa shape index (κ1) is 15.3. The van der Waals surface area contributed by atoms with Crippen molar-refractivity contribution in [2.45, 2.75) is 12.8 Å². The first-order chi connectivity index (χ1) is 11.1. The van der Waals surface area contributed by atoms with Crippen molar-refractivity contribution in [3.63, 3.8) is 0 Å². The van der Waals surface area contributed by atoms with Gasteiger partial charge in [0.25, 0.3) is 0 Å². The average Bonchev–Trinajstić information content (AvgIpc) is 3.19. The number of hydrogen-bond donors (Lipinski definition) is 1. The topological polar surface area (TPSA) is 68.0 Å². The molecule has 0 radical (unpaired) electrons. The molecule has 0 spiro atoms. The maximum atomic E-state index is 13.4. The maximum Gasteiger partial charge on any atom is 0.248 e. The zero-order chi connectivity index (χ0) is 16.2. The monoisotopic (exact) mass is 335 g/mol. The van der Waals surface area contributed by atoms with Crippen LogP contribution in [0.15, 0.2) is 39.4 Å². The van der Waals surface area contributed by atoms with Gasteiger partial charge in [-0.25, -0.2) is 8.78 Å². The second-order valence-electron chi connectivity index (χ2n) is 4.69. The molecule has 1 amide bonds.